The standard InChI is InChI=1S/C17H21ClN2O2/c1-11-13-5-2-6-14(18)16(13)22-15(11)17(21)20-9-7-12-4-3-8-19-10-12/h2,5-6,12,19H,3-4,7-10H2,1H3,(H,20,21). The van der Waals surface area contributed by atoms with Crippen LogP contribution < -0.4 is 10.6 Å². The van der Waals surface area contributed by atoms with Crippen LogP contribution in [0, 0.1) is 12.8 Å². The third kappa shape index (κ3) is 3.13. The molecule has 0 saturated carbocycles. The molecule has 1 saturated heterocycles. The highest BCUT2D eigenvalue weighted by Gasteiger charge is 2.19. The first-order chi connectivity index (χ1) is 10.7. The van der Waals surface area contributed by atoms with Gasteiger partial charge in [-0.15, -0.1) is 0 Å². The topological polar surface area (TPSA) is 54.3 Å². The zero-order valence-corrected chi connectivity index (χ0v) is 13.5. The Morgan fingerprint density at radius 3 is 3.09 bits per heavy atom. The molecule has 2 heterocycles. The lowest BCUT2D eigenvalue weighted by molar-refractivity contribution is 0.0924. The number of hydrogen-bond acceptors (Lipinski definition) is 3. The van der Waals surface area contributed by atoms with Crippen molar-refractivity contribution in [3.63, 3.8) is 0 Å². The Kier molecular flexibility index (Phi) is 4.69. The van der Waals surface area contributed by atoms with Crippen LogP contribution in [0.4, 0.5) is 0 Å². The van der Waals surface area contributed by atoms with E-state index in [-0.39, 0.29) is 5.91 Å². The molecule has 118 valence electrons. The Bertz CT molecular complexity index is 675. The summed E-state index contributed by atoms with van der Waals surface area (Å²) in [5.41, 5.74) is 1.43. The minimum atomic E-state index is -0.159. The molecule has 0 radical (unpaired) electrons. The molecule has 1 amide bonds. The number of piperidine rings is 1. The van der Waals surface area contributed by atoms with Crippen molar-refractivity contribution >= 4 is 28.5 Å². The molecule has 1 unspecified atom stereocenters. The van der Waals surface area contributed by atoms with Crippen LogP contribution in [0.5, 0.6) is 0 Å². The number of carbonyl (C=O) groups excluding carboxylic acids is 1. The molecule has 1 fully saturated rings. The minimum absolute atomic E-state index is 0.159. The molecular formula is C17H21ClN2O2. The lowest BCUT2D eigenvalue weighted by Gasteiger charge is -2.22. The molecule has 2 aromatic rings. The molecule has 3 rings (SSSR count). The molecule has 1 atom stereocenters. The van der Waals surface area contributed by atoms with Crippen LogP contribution in [-0.4, -0.2) is 25.5 Å². The first-order valence-electron chi connectivity index (χ1n) is 7.83. The molecule has 1 aliphatic rings. The summed E-state index contributed by atoms with van der Waals surface area (Å²) in [6.07, 6.45) is 3.46. The average Bonchev–Trinajstić information content (AvgIpc) is 2.87. The molecule has 22 heavy (non-hydrogen) atoms. The fourth-order valence-electron chi connectivity index (χ4n) is 3.07. The van der Waals surface area contributed by atoms with Crippen molar-refractivity contribution in [3.8, 4) is 0 Å². The van der Waals surface area contributed by atoms with Crippen LogP contribution in [0.15, 0.2) is 22.6 Å². The molecule has 1 aromatic heterocycles. The Balaban J connectivity index is 1.64. The molecule has 1 aromatic carbocycles. The zero-order chi connectivity index (χ0) is 15.5. The second kappa shape index (κ2) is 6.71. The number of carbonyl (C=O) groups is 1. The molecule has 5 heteroatoms. The van der Waals surface area contributed by atoms with E-state index >= 15 is 0 Å². The Hall–Kier alpha value is -1.52. The highest BCUT2D eigenvalue weighted by molar-refractivity contribution is 6.35. The Labute approximate surface area is 135 Å². The summed E-state index contributed by atoms with van der Waals surface area (Å²) in [6.45, 7) is 4.73. The van der Waals surface area contributed by atoms with Gasteiger partial charge in [-0.3, -0.25) is 4.79 Å². The number of para-hydroxylation sites is 1. The summed E-state index contributed by atoms with van der Waals surface area (Å²) >= 11 is 6.12. The number of rotatable bonds is 4. The van der Waals surface area contributed by atoms with Gasteiger partial charge in [0.1, 0.15) is 0 Å². The van der Waals surface area contributed by atoms with Crippen molar-refractivity contribution in [2.24, 2.45) is 5.92 Å². The average molecular weight is 321 g/mol. The maximum Gasteiger partial charge on any atom is 0.287 e. The van der Waals surface area contributed by atoms with Gasteiger partial charge < -0.3 is 15.1 Å². The fraction of sp³-hybridized carbons (Fsp3) is 0.471. The summed E-state index contributed by atoms with van der Waals surface area (Å²) in [4.78, 5) is 12.3. The maximum atomic E-state index is 12.3. The van der Waals surface area contributed by atoms with E-state index in [2.05, 4.69) is 10.6 Å². The van der Waals surface area contributed by atoms with Crippen LogP contribution in [0.1, 0.15) is 35.4 Å². The number of furan rings is 1. The largest absolute Gasteiger partial charge is 0.449 e. The van der Waals surface area contributed by atoms with E-state index in [0.29, 0.717) is 28.8 Å². The smallest absolute Gasteiger partial charge is 0.287 e. The SMILES string of the molecule is Cc1c(C(=O)NCCC2CCCNC2)oc2c(Cl)cccc12. The number of nitrogens with one attached hydrogen (secondary N) is 2. The van der Waals surface area contributed by atoms with Gasteiger partial charge in [0.25, 0.3) is 5.91 Å². The first-order valence-corrected chi connectivity index (χ1v) is 8.21. The first kappa shape index (κ1) is 15.4. The van der Waals surface area contributed by atoms with Crippen LogP contribution in [0.3, 0.4) is 0 Å². The lowest BCUT2D eigenvalue weighted by Crippen LogP contribution is -2.33. The predicted molar refractivity (Wildman–Crippen MR) is 88.5 cm³/mol. The third-order valence-electron chi connectivity index (χ3n) is 4.36. The molecular weight excluding hydrogens is 300 g/mol. The van der Waals surface area contributed by atoms with Gasteiger partial charge in [0.2, 0.25) is 0 Å². The number of fused-ring (bicyclic) bond motifs is 1. The van der Waals surface area contributed by atoms with Gasteiger partial charge in [-0.05, 0) is 51.3 Å². The molecule has 1 aliphatic heterocycles. The monoisotopic (exact) mass is 320 g/mol. The van der Waals surface area contributed by atoms with Crippen molar-refractivity contribution in [3.05, 3.63) is 34.5 Å². The number of hydrogen-bond donors (Lipinski definition) is 2. The van der Waals surface area contributed by atoms with E-state index in [9.17, 15) is 4.79 Å². The second-order valence-electron chi connectivity index (χ2n) is 5.93. The van der Waals surface area contributed by atoms with E-state index in [0.717, 1.165) is 30.5 Å². The van der Waals surface area contributed by atoms with E-state index < -0.39 is 0 Å². The van der Waals surface area contributed by atoms with E-state index in [1.807, 2.05) is 19.1 Å². The third-order valence-corrected chi connectivity index (χ3v) is 4.66. The van der Waals surface area contributed by atoms with Gasteiger partial charge >= 0.3 is 0 Å². The Morgan fingerprint density at radius 1 is 1.50 bits per heavy atom. The van der Waals surface area contributed by atoms with Crippen molar-refractivity contribution in [1.29, 1.82) is 0 Å². The lowest BCUT2D eigenvalue weighted by atomic mass is 9.96. The van der Waals surface area contributed by atoms with Gasteiger partial charge in [0, 0.05) is 17.5 Å². The normalized spacial score (nSPS) is 18.5. The predicted octanol–water partition coefficient (Wildman–Crippen LogP) is 3.51. The molecule has 0 bridgehead atoms. The maximum absolute atomic E-state index is 12.3. The summed E-state index contributed by atoms with van der Waals surface area (Å²) in [5, 5.41) is 7.79. The van der Waals surface area contributed by atoms with Gasteiger partial charge in [0.15, 0.2) is 11.3 Å². The summed E-state index contributed by atoms with van der Waals surface area (Å²) in [6, 6.07) is 5.56. The van der Waals surface area contributed by atoms with Crippen LogP contribution in [-0.2, 0) is 0 Å². The highest BCUT2D eigenvalue weighted by Crippen LogP contribution is 2.30. The van der Waals surface area contributed by atoms with Crippen molar-refractivity contribution in [1.82, 2.24) is 10.6 Å². The molecule has 2 N–H and O–H groups in total. The van der Waals surface area contributed by atoms with Gasteiger partial charge in [-0.2, -0.15) is 0 Å². The Morgan fingerprint density at radius 2 is 2.36 bits per heavy atom. The van der Waals surface area contributed by atoms with Crippen molar-refractivity contribution < 1.29 is 9.21 Å². The second-order valence-corrected chi connectivity index (χ2v) is 6.34. The minimum Gasteiger partial charge on any atom is -0.449 e. The van der Waals surface area contributed by atoms with Crippen molar-refractivity contribution in [2.45, 2.75) is 26.2 Å². The van der Waals surface area contributed by atoms with Crippen LogP contribution in [0.2, 0.25) is 5.02 Å². The van der Waals surface area contributed by atoms with Crippen LogP contribution >= 0.6 is 11.6 Å². The molecule has 0 spiro atoms. The zero-order valence-electron chi connectivity index (χ0n) is 12.7. The summed E-state index contributed by atoms with van der Waals surface area (Å²) < 4.78 is 5.68. The molecule has 4 nitrogen and oxygen atoms in total. The number of amides is 1. The van der Waals surface area contributed by atoms with E-state index in [1.165, 1.54) is 12.8 Å². The number of benzene rings is 1. The highest BCUT2D eigenvalue weighted by atomic mass is 35.5. The van der Waals surface area contributed by atoms with Crippen LogP contribution in [0.25, 0.3) is 11.0 Å². The molecule has 0 aliphatic carbocycles. The summed E-state index contributed by atoms with van der Waals surface area (Å²) in [5.74, 6) is 0.860. The van der Waals surface area contributed by atoms with Gasteiger partial charge in [-0.25, -0.2) is 0 Å². The van der Waals surface area contributed by atoms with Gasteiger partial charge in [-0.1, -0.05) is 23.7 Å². The van der Waals surface area contributed by atoms with Gasteiger partial charge in [0.05, 0.1) is 5.02 Å². The quantitative estimate of drug-likeness (QED) is 0.906. The van der Waals surface area contributed by atoms with Crippen molar-refractivity contribution in [2.75, 3.05) is 19.6 Å². The van der Waals surface area contributed by atoms with E-state index in [1.54, 1.807) is 6.07 Å². The van der Waals surface area contributed by atoms with E-state index in [4.69, 9.17) is 16.0 Å². The fourth-order valence-corrected chi connectivity index (χ4v) is 3.28. The summed E-state index contributed by atoms with van der Waals surface area (Å²) in [7, 11) is 0. The number of aryl methyl sites for hydroxylation is 1. The number of halogens is 1.